The topological polar surface area (TPSA) is 79.2 Å². The summed E-state index contributed by atoms with van der Waals surface area (Å²) in [6.45, 7) is 6.85. The smallest absolute Gasteiger partial charge is 0.317 e. The van der Waals surface area contributed by atoms with Crippen molar-refractivity contribution < 1.29 is 13.6 Å². The number of hydrogen-bond donors (Lipinski definition) is 1. The van der Waals surface area contributed by atoms with Crippen LogP contribution in [0, 0.1) is 11.6 Å². The molecule has 1 N–H and O–H groups in total. The van der Waals surface area contributed by atoms with Crippen LogP contribution < -0.4 is 5.32 Å². The van der Waals surface area contributed by atoms with Crippen LogP contribution in [0.3, 0.4) is 0 Å². The second-order valence-corrected chi connectivity index (χ2v) is 6.47. The van der Waals surface area contributed by atoms with Gasteiger partial charge in [0, 0.05) is 38.3 Å². The molecule has 0 radical (unpaired) electrons. The number of halogens is 2. The minimum absolute atomic E-state index is 0.0636. The number of nitrogens with one attached hydrogen (secondary N) is 1. The van der Waals surface area contributed by atoms with Crippen LogP contribution in [0.2, 0.25) is 0 Å². The molecular formula is C16H21F2N7O. The minimum atomic E-state index is -0.950. The van der Waals surface area contributed by atoms with E-state index in [-0.39, 0.29) is 12.1 Å². The molecule has 2 amide bonds. The van der Waals surface area contributed by atoms with Crippen molar-refractivity contribution in [3.63, 3.8) is 0 Å². The Kier molecular flexibility index (Phi) is 5.40. The highest BCUT2D eigenvalue weighted by molar-refractivity contribution is 5.74. The second kappa shape index (κ2) is 7.73. The number of tetrazole rings is 1. The first-order chi connectivity index (χ1) is 12.4. The van der Waals surface area contributed by atoms with Crippen molar-refractivity contribution in [2.45, 2.75) is 26.4 Å². The molecule has 1 aliphatic rings. The standard InChI is InChI=1S/C16H21F2N7O/c1-11(2)19-16(26)24-7-5-23(6-8-24)10-15-20-21-22-25(15)12-3-4-13(17)14(18)9-12/h3-4,9,11H,5-8,10H2,1-2H3,(H,19,26). The van der Waals surface area contributed by atoms with Crippen molar-refractivity contribution >= 4 is 6.03 Å². The van der Waals surface area contributed by atoms with E-state index in [9.17, 15) is 13.6 Å². The zero-order valence-corrected chi connectivity index (χ0v) is 14.7. The Bertz CT molecular complexity index is 772. The number of rotatable bonds is 4. The molecule has 140 valence electrons. The Morgan fingerprint density at radius 2 is 1.92 bits per heavy atom. The molecule has 26 heavy (non-hydrogen) atoms. The van der Waals surface area contributed by atoms with Crippen LogP contribution in [-0.2, 0) is 6.54 Å². The highest BCUT2D eigenvalue weighted by Gasteiger charge is 2.23. The Hall–Kier alpha value is -2.62. The summed E-state index contributed by atoms with van der Waals surface area (Å²) in [5.41, 5.74) is 0.360. The molecule has 0 unspecified atom stereocenters. The average molecular weight is 365 g/mol. The highest BCUT2D eigenvalue weighted by atomic mass is 19.2. The second-order valence-electron chi connectivity index (χ2n) is 6.47. The van der Waals surface area contributed by atoms with Crippen LogP contribution in [-0.4, -0.2) is 68.3 Å². The molecule has 8 nitrogen and oxygen atoms in total. The van der Waals surface area contributed by atoms with E-state index >= 15 is 0 Å². The molecule has 1 aromatic carbocycles. The lowest BCUT2D eigenvalue weighted by molar-refractivity contribution is 0.132. The molecule has 0 bridgehead atoms. The molecule has 3 rings (SSSR count). The molecule has 0 aliphatic carbocycles. The summed E-state index contributed by atoms with van der Waals surface area (Å²) >= 11 is 0. The van der Waals surface area contributed by atoms with E-state index in [4.69, 9.17) is 0 Å². The monoisotopic (exact) mass is 365 g/mol. The van der Waals surface area contributed by atoms with Gasteiger partial charge in [0.2, 0.25) is 0 Å². The quantitative estimate of drug-likeness (QED) is 0.880. The zero-order chi connectivity index (χ0) is 18.7. The van der Waals surface area contributed by atoms with E-state index in [0.29, 0.717) is 44.2 Å². The van der Waals surface area contributed by atoms with Gasteiger partial charge in [-0.05, 0) is 36.4 Å². The van der Waals surface area contributed by atoms with E-state index in [1.54, 1.807) is 4.90 Å². The number of piperazine rings is 1. The number of benzene rings is 1. The number of amides is 2. The van der Waals surface area contributed by atoms with Crippen molar-refractivity contribution in [2.24, 2.45) is 0 Å². The van der Waals surface area contributed by atoms with Gasteiger partial charge in [0.1, 0.15) is 0 Å². The molecule has 0 atom stereocenters. The zero-order valence-electron chi connectivity index (χ0n) is 14.7. The van der Waals surface area contributed by atoms with Gasteiger partial charge in [-0.25, -0.2) is 13.6 Å². The summed E-state index contributed by atoms with van der Waals surface area (Å²) in [7, 11) is 0. The maximum absolute atomic E-state index is 13.5. The SMILES string of the molecule is CC(C)NC(=O)N1CCN(Cc2nnnn2-c2ccc(F)c(F)c2)CC1. The van der Waals surface area contributed by atoms with Crippen LogP contribution in [0.25, 0.3) is 5.69 Å². The third kappa shape index (κ3) is 4.13. The van der Waals surface area contributed by atoms with Crippen LogP contribution in [0.5, 0.6) is 0 Å². The van der Waals surface area contributed by atoms with Crippen molar-refractivity contribution in [1.29, 1.82) is 0 Å². The molecule has 2 aromatic rings. The predicted molar refractivity (Wildman–Crippen MR) is 89.6 cm³/mol. The molecule has 1 aromatic heterocycles. The van der Waals surface area contributed by atoms with E-state index in [0.717, 1.165) is 12.1 Å². The average Bonchev–Trinajstić information content (AvgIpc) is 3.05. The number of urea groups is 1. The van der Waals surface area contributed by atoms with Gasteiger partial charge >= 0.3 is 6.03 Å². The van der Waals surface area contributed by atoms with E-state index in [1.807, 2.05) is 13.8 Å². The first kappa shape index (κ1) is 18.2. The number of nitrogens with zero attached hydrogens (tertiary/aromatic N) is 6. The largest absolute Gasteiger partial charge is 0.336 e. The van der Waals surface area contributed by atoms with Crippen molar-refractivity contribution in [3.8, 4) is 5.69 Å². The number of aromatic nitrogens is 4. The number of hydrogen-bond acceptors (Lipinski definition) is 5. The Morgan fingerprint density at radius 3 is 2.58 bits per heavy atom. The van der Waals surface area contributed by atoms with Gasteiger partial charge in [0.25, 0.3) is 0 Å². The Morgan fingerprint density at radius 1 is 1.19 bits per heavy atom. The maximum Gasteiger partial charge on any atom is 0.317 e. The highest BCUT2D eigenvalue weighted by Crippen LogP contribution is 2.14. The fourth-order valence-electron chi connectivity index (χ4n) is 2.77. The van der Waals surface area contributed by atoms with Crippen LogP contribution in [0.1, 0.15) is 19.7 Å². The maximum atomic E-state index is 13.5. The van der Waals surface area contributed by atoms with Gasteiger partial charge in [0.05, 0.1) is 12.2 Å². The molecular weight excluding hydrogens is 344 g/mol. The van der Waals surface area contributed by atoms with Crippen LogP contribution in [0.4, 0.5) is 13.6 Å². The summed E-state index contributed by atoms with van der Waals surface area (Å²) in [5, 5.41) is 14.4. The lowest BCUT2D eigenvalue weighted by atomic mass is 10.3. The first-order valence-electron chi connectivity index (χ1n) is 8.44. The van der Waals surface area contributed by atoms with E-state index in [1.165, 1.54) is 10.7 Å². The Balaban J connectivity index is 1.62. The summed E-state index contributed by atoms with van der Waals surface area (Å²) < 4.78 is 28.0. The molecule has 2 heterocycles. The lowest BCUT2D eigenvalue weighted by Crippen LogP contribution is -2.52. The van der Waals surface area contributed by atoms with Gasteiger partial charge in [-0.1, -0.05) is 0 Å². The minimum Gasteiger partial charge on any atom is -0.336 e. The Labute approximate surface area is 149 Å². The van der Waals surface area contributed by atoms with Gasteiger partial charge in [-0.3, -0.25) is 4.90 Å². The molecule has 1 fully saturated rings. The molecule has 1 aliphatic heterocycles. The van der Waals surface area contributed by atoms with Gasteiger partial charge < -0.3 is 10.2 Å². The molecule has 0 spiro atoms. The normalized spacial score (nSPS) is 15.5. The van der Waals surface area contributed by atoms with Gasteiger partial charge in [-0.2, -0.15) is 4.68 Å². The summed E-state index contributed by atoms with van der Waals surface area (Å²) in [6.07, 6.45) is 0. The summed E-state index contributed by atoms with van der Waals surface area (Å²) in [6, 6.07) is 3.56. The van der Waals surface area contributed by atoms with Crippen molar-refractivity contribution in [2.75, 3.05) is 26.2 Å². The number of carbonyl (C=O) groups excluding carboxylic acids is 1. The van der Waals surface area contributed by atoms with Crippen molar-refractivity contribution in [3.05, 3.63) is 35.7 Å². The third-order valence-corrected chi connectivity index (χ3v) is 4.12. The third-order valence-electron chi connectivity index (χ3n) is 4.12. The van der Waals surface area contributed by atoms with Gasteiger partial charge in [-0.15, -0.1) is 5.10 Å². The fourth-order valence-corrected chi connectivity index (χ4v) is 2.77. The van der Waals surface area contributed by atoms with E-state index in [2.05, 4.69) is 25.7 Å². The fraction of sp³-hybridized carbons (Fsp3) is 0.500. The number of carbonyl (C=O) groups is 1. The lowest BCUT2D eigenvalue weighted by Gasteiger charge is -2.34. The molecule has 0 saturated carbocycles. The van der Waals surface area contributed by atoms with Crippen molar-refractivity contribution in [1.82, 2.24) is 35.3 Å². The van der Waals surface area contributed by atoms with Gasteiger partial charge in [0.15, 0.2) is 17.5 Å². The predicted octanol–water partition coefficient (Wildman–Crippen LogP) is 1.18. The molecule has 1 saturated heterocycles. The first-order valence-corrected chi connectivity index (χ1v) is 8.44. The van der Waals surface area contributed by atoms with Crippen LogP contribution >= 0.6 is 0 Å². The summed E-state index contributed by atoms with van der Waals surface area (Å²) in [4.78, 5) is 15.9. The van der Waals surface area contributed by atoms with Crippen LogP contribution in [0.15, 0.2) is 18.2 Å². The summed E-state index contributed by atoms with van der Waals surface area (Å²) in [5.74, 6) is -1.34. The molecule has 10 heteroatoms. The van der Waals surface area contributed by atoms with E-state index < -0.39 is 11.6 Å².